The van der Waals surface area contributed by atoms with Crippen molar-refractivity contribution in [2.75, 3.05) is 19.6 Å². The van der Waals surface area contributed by atoms with E-state index in [1.54, 1.807) is 4.90 Å². The van der Waals surface area contributed by atoms with Gasteiger partial charge >= 0.3 is 12.1 Å². The van der Waals surface area contributed by atoms with E-state index in [9.17, 15) is 9.59 Å². The van der Waals surface area contributed by atoms with E-state index in [0.717, 1.165) is 18.4 Å². The van der Waals surface area contributed by atoms with Crippen molar-refractivity contribution in [2.24, 2.45) is 0 Å². The number of ether oxygens (including phenoxy) is 1. The quantitative estimate of drug-likeness (QED) is 0.837. The van der Waals surface area contributed by atoms with Crippen LogP contribution in [0.25, 0.3) is 0 Å². The number of hydrogen-bond acceptors (Lipinski definition) is 3. The summed E-state index contributed by atoms with van der Waals surface area (Å²) in [4.78, 5) is 25.8. The Morgan fingerprint density at radius 1 is 1.23 bits per heavy atom. The molecule has 0 spiro atoms. The van der Waals surface area contributed by atoms with E-state index in [1.165, 1.54) is 0 Å². The van der Waals surface area contributed by atoms with Crippen LogP contribution in [0, 0.1) is 0 Å². The number of halogens is 1. The molecule has 0 saturated carbocycles. The van der Waals surface area contributed by atoms with Gasteiger partial charge in [-0.05, 0) is 51.7 Å². The number of hydrogen-bond donors (Lipinski definition) is 2. The molecule has 0 atom stereocenters. The fraction of sp³-hybridized carbons (Fsp3) is 0.579. The van der Waals surface area contributed by atoms with Crippen molar-refractivity contribution >= 4 is 23.7 Å². The van der Waals surface area contributed by atoms with Crippen molar-refractivity contribution in [3.05, 3.63) is 34.9 Å². The van der Waals surface area contributed by atoms with Crippen molar-refractivity contribution in [1.29, 1.82) is 0 Å². The van der Waals surface area contributed by atoms with Crippen LogP contribution in [0.15, 0.2) is 24.3 Å². The number of carbonyl (C=O) groups excluding carboxylic acids is 2. The maximum Gasteiger partial charge on any atom is 0.410 e. The second kappa shape index (κ2) is 9.12. The molecule has 0 unspecified atom stereocenters. The largest absolute Gasteiger partial charge is 0.444 e. The van der Waals surface area contributed by atoms with Crippen molar-refractivity contribution in [3.8, 4) is 0 Å². The fourth-order valence-corrected chi connectivity index (χ4v) is 3.01. The van der Waals surface area contributed by atoms with Gasteiger partial charge in [0.05, 0.1) is 0 Å². The summed E-state index contributed by atoms with van der Waals surface area (Å²) in [6.45, 7) is 7.25. The van der Waals surface area contributed by atoms with E-state index in [4.69, 9.17) is 16.3 Å². The van der Waals surface area contributed by atoms with Gasteiger partial charge in [-0.2, -0.15) is 0 Å². The third-order valence-electron chi connectivity index (χ3n) is 4.12. The summed E-state index contributed by atoms with van der Waals surface area (Å²) in [6.07, 6.45) is 1.83. The first kappa shape index (κ1) is 20.4. The van der Waals surface area contributed by atoms with Gasteiger partial charge in [0.25, 0.3) is 0 Å². The lowest BCUT2D eigenvalue weighted by molar-refractivity contribution is 0.0201. The molecule has 0 radical (unpaired) electrons. The van der Waals surface area contributed by atoms with E-state index in [2.05, 4.69) is 10.6 Å². The average molecular weight is 382 g/mol. The third-order valence-corrected chi connectivity index (χ3v) is 4.49. The normalized spacial score (nSPS) is 15.5. The summed E-state index contributed by atoms with van der Waals surface area (Å²) in [6, 6.07) is 7.49. The highest BCUT2D eigenvalue weighted by Crippen LogP contribution is 2.16. The molecule has 1 aromatic carbocycles. The lowest BCUT2D eigenvalue weighted by atomic mass is 10.1. The topological polar surface area (TPSA) is 70.7 Å². The van der Waals surface area contributed by atoms with Gasteiger partial charge in [0, 0.05) is 30.7 Å². The van der Waals surface area contributed by atoms with E-state index in [1.807, 2.05) is 45.0 Å². The van der Waals surface area contributed by atoms with Gasteiger partial charge in [0.15, 0.2) is 0 Å². The molecule has 3 amide bonds. The van der Waals surface area contributed by atoms with Crippen LogP contribution in [0.1, 0.15) is 39.2 Å². The summed E-state index contributed by atoms with van der Waals surface area (Å²) in [5.74, 6) is 0. The summed E-state index contributed by atoms with van der Waals surface area (Å²) in [7, 11) is 0. The molecule has 0 aliphatic carbocycles. The van der Waals surface area contributed by atoms with Crippen LogP contribution in [0.5, 0.6) is 0 Å². The van der Waals surface area contributed by atoms with Crippen LogP contribution < -0.4 is 10.6 Å². The van der Waals surface area contributed by atoms with Crippen LogP contribution >= 0.6 is 11.6 Å². The molecule has 2 N–H and O–H groups in total. The number of amides is 3. The number of nitrogens with zero attached hydrogens (tertiary/aromatic N) is 1. The van der Waals surface area contributed by atoms with Gasteiger partial charge in [-0.25, -0.2) is 9.59 Å². The molecule has 1 saturated heterocycles. The molecule has 144 valence electrons. The Morgan fingerprint density at radius 2 is 1.88 bits per heavy atom. The standard InChI is InChI=1S/C19H28ClN3O3/c1-19(2,3)26-18(25)23-12-9-15(10-13-23)22-17(24)21-11-8-14-6-4-5-7-16(14)20/h4-7,15H,8-13H2,1-3H3,(H2,21,22,24). The monoisotopic (exact) mass is 381 g/mol. The second-order valence-corrected chi connectivity index (χ2v) is 7.89. The zero-order chi connectivity index (χ0) is 19.2. The Kier molecular flexibility index (Phi) is 7.14. The Morgan fingerprint density at radius 3 is 2.50 bits per heavy atom. The van der Waals surface area contributed by atoms with E-state index < -0.39 is 5.60 Å². The van der Waals surface area contributed by atoms with Gasteiger partial charge in [0.2, 0.25) is 0 Å². The highest BCUT2D eigenvalue weighted by atomic mass is 35.5. The Balaban J connectivity index is 1.66. The Bertz CT molecular complexity index is 623. The van der Waals surface area contributed by atoms with Crippen molar-refractivity contribution in [2.45, 2.75) is 51.7 Å². The zero-order valence-electron chi connectivity index (χ0n) is 15.7. The average Bonchev–Trinajstić information content (AvgIpc) is 2.55. The minimum absolute atomic E-state index is 0.0639. The van der Waals surface area contributed by atoms with E-state index in [-0.39, 0.29) is 18.2 Å². The molecular weight excluding hydrogens is 354 g/mol. The van der Waals surface area contributed by atoms with Gasteiger partial charge in [-0.15, -0.1) is 0 Å². The smallest absolute Gasteiger partial charge is 0.410 e. The lowest BCUT2D eigenvalue weighted by Crippen LogP contribution is -2.50. The second-order valence-electron chi connectivity index (χ2n) is 7.48. The first-order chi connectivity index (χ1) is 12.2. The van der Waals surface area contributed by atoms with Gasteiger partial charge in [-0.3, -0.25) is 0 Å². The predicted octanol–water partition coefficient (Wildman–Crippen LogP) is 3.58. The minimum atomic E-state index is -0.492. The number of carbonyl (C=O) groups is 2. The van der Waals surface area contributed by atoms with Crippen LogP contribution in [0.4, 0.5) is 9.59 Å². The van der Waals surface area contributed by atoms with Crippen molar-refractivity contribution < 1.29 is 14.3 Å². The molecule has 1 heterocycles. The number of likely N-dealkylation sites (tertiary alicyclic amines) is 1. The molecule has 0 bridgehead atoms. The van der Waals surface area contributed by atoms with Crippen molar-refractivity contribution in [1.82, 2.24) is 15.5 Å². The zero-order valence-corrected chi connectivity index (χ0v) is 16.4. The number of piperidine rings is 1. The first-order valence-electron chi connectivity index (χ1n) is 9.00. The van der Waals surface area contributed by atoms with Crippen molar-refractivity contribution in [3.63, 3.8) is 0 Å². The molecule has 0 aromatic heterocycles. The molecule has 6 nitrogen and oxygen atoms in total. The van der Waals surface area contributed by atoms with E-state index >= 15 is 0 Å². The van der Waals surface area contributed by atoms with E-state index in [0.29, 0.717) is 31.1 Å². The van der Waals surface area contributed by atoms with Crippen LogP contribution in [0.2, 0.25) is 5.02 Å². The highest BCUT2D eigenvalue weighted by molar-refractivity contribution is 6.31. The van der Waals surface area contributed by atoms with Gasteiger partial charge in [-0.1, -0.05) is 29.8 Å². The van der Waals surface area contributed by atoms with Gasteiger partial charge < -0.3 is 20.3 Å². The number of urea groups is 1. The third kappa shape index (κ3) is 6.75. The fourth-order valence-electron chi connectivity index (χ4n) is 2.78. The maximum atomic E-state index is 12.0. The summed E-state index contributed by atoms with van der Waals surface area (Å²) in [5, 5.41) is 6.53. The Labute approximate surface area is 160 Å². The molecule has 2 rings (SSSR count). The molecule has 1 aliphatic rings. The summed E-state index contributed by atoms with van der Waals surface area (Å²) < 4.78 is 5.37. The summed E-state index contributed by atoms with van der Waals surface area (Å²) in [5.41, 5.74) is 0.522. The minimum Gasteiger partial charge on any atom is -0.444 e. The number of rotatable bonds is 4. The SMILES string of the molecule is CC(C)(C)OC(=O)N1CCC(NC(=O)NCCc2ccccc2Cl)CC1. The van der Waals surface area contributed by atoms with Gasteiger partial charge in [0.1, 0.15) is 5.60 Å². The molecule has 1 aromatic rings. The first-order valence-corrected chi connectivity index (χ1v) is 9.38. The number of benzene rings is 1. The predicted molar refractivity (Wildman–Crippen MR) is 103 cm³/mol. The number of nitrogens with one attached hydrogen (secondary N) is 2. The van der Waals surface area contributed by atoms with Crippen LogP contribution in [-0.4, -0.2) is 48.3 Å². The lowest BCUT2D eigenvalue weighted by Gasteiger charge is -2.33. The molecule has 1 aliphatic heterocycles. The Hall–Kier alpha value is -1.95. The molecular formula is C19H28ClN3O3. The molecule has 1 fully saturated rings. The maximum absolute atomic E-state index is 12.0. The molecule has 26 heavy (non-hydrogen) atoms. The molecule has 7 heteroatoms. The highest BCUT2D eigenvalue weighted by Gasteiger charge is 2.27. The van der Waals surface area contributed by atoms with Crippen LogP contribution in [-0.2, 0) is 11.2 Å². The van der Waals surface area contributed by atoms with Crippen LogP contribution in [0.3, 0.4) is 0 Å². The summed E-state index contributed by atoms with van der Waals surface area (Å²) >= 11 is 6.10.